The molecule has 0 radical (unpaired) electrons. The Morgan fingerprint density at radius 3 is 2.61 bits per heavy atom. The topological polar surface area (TPSA) is 55.6 Å². The molecule has 0 bridgehead atoms. The van der Waals surface area contributed by atoms with Crippen molar-refractivity contribution < 1.29 is 22.7 Å². The molecule has 1 atom stereocenters. The summed E-state index contributed by atoms with van der Waals surface area (Å²) in [6, 6.07) is 10.9. The van der Waals surface area contributed by atoms with E-state index in [0.29, 0.717) is 17.0 Å². The van der Waals surface area contributed by atoms with Gasteiger partial charge in [0.05, 0.1) is 17.8 Å². The van der Waals surface area contributed by atoms with Gasteiger partial charge in [-0.15, -0.1) is 0 Å². The number of halogens is 3. The van der Waals surface area contributed by atoms with E-state index in [1.165, 1.54) is 17.0 Å². The summed E-state index contributed by atoms with van der Waals surface area (Å²) < 4.78 is 44.3. The summed E-state index contributed by atoms with van der Waals surface area (Å²) in [6.45, 7) is 0.0493. The Kier molecular flexibility index (Phi) is 3.63. The number of anilines is 1. The van der Waals surface area contributed by atoms with Crippen LogP contribution in [0.5, 0.6) is 5.75 Å². The number of alkyl halides is 3. The molecule has 4 nitrogen and oxygen atoms in total. The predicted molar refractivity (Wildman–Crippen MR) is 78.2 cm³/mol. The Hall–Kier alpha value is -2.70. The van der Waals surface area contributed by atoms with Crippen LogP contribution in [0.1, 0.15) is 17.2 Å². The highest BCUT2D eigenvalue weighted by atomic mass is 19.4. The normalized spacial score (nSPS) is 17.3. The monoisotopic (exact) mass is 322 g/mol. The third-order valence-corrected chi connectivity index (χ3v) is 3.63. The van der Waals surface area contributed by atoms with E-state index in [-0.39, 0.29) is 6.54 Å². The molecule has 1 aliphatic heterocycles. The number of carbonyl (C=O) groups excluding carboxylic acids is 1. The van der Waals surface area contributed by atoms with Crippen molar-refractivity contribution in [1.29, 1.82) is 0 Å². The first-order valence-corrected chi connectivity index (χ1v) is 6.86. The molecule has 1 heterocycles. The maximum atomic E-state index is 12.9. The molecular weight excluding hydrogens is 309 g/mol. The van der Waals surface area contributed by atoms with Gasteiger partial charge in [-0.1, -0.05) is 24.3 Å². The van der Waals surface area contributed by atoms with Crippen LogP contribution >= 0.6 is 0 Å². The largest absolute Gasteiger partial charge is 0.482 e. The second-order valence-corrected chi connectivity index (χ2v) is 5.15. The van der Waals surface area contributed by atoms with Crippen LogP contribution in [0.3, 0.4) is 0 Å². The molecule has 0 saturated heterocycles. The first-order chi connectivity index (χ1) is 10.9. The van der Waals surface area contributed by atoms with Gasteiger partial charge in [-0.25, -0.2) is 4.79 Å². The van der Waals surface area contributed by atoms with Crippen molar-refractivity contribution in [2.45, 2.75) is 12.3 Å². The number of fused-ring (bicyclic) bond motifs is 1. The van der Waals surface area contributed by atoms with Crippen LogP contribution in [-0.4, -0.2) is 12.6 Å². The number of para-hydroxylation sites is 2. The first-order valence-electron chi connectivity index (χ1n) is 6.86. The van der Waals surface area contributed by atoms with Crippen LogP contribution in [0, 0.1) is 0 Å². The summed E-state index contributed by atoms with van der Waals surface area (Å²) in [4.78, 5) is 12.9. The number of hydrogen-bond acceptors (Lipinski definition) is 2. The molecular formula is C16H13F3N2O2. The fourth-order valence-corrected chi connectivity index (χ4v) is 2.53. The lowest BCUT2D eigenvalue weighted by molar-refractivity contribution is -0.137. The molecule has 1 unspecified atom stereocenters. The lowest BCUT2D eigenvalue weighted by Crippen LogP contribution is -2.42. The van der Waals surface area contributed by atoms with Gasteiger partial charge in [0, 0.05) is 0 Å². The number of hydrogen-bond donors (Lipinski definition) is 1. The summed E-state index contributed by atoms with van der Waals surface area (Å²) in [7, 11) is 0. The van der Waals surface area contributed by atoms with Gasteiger partial charge < -0.3 is 10.5 Å². The minimum atomic E-state index is -4.44. The molecule has 2 amide bonds. The molecule has 7 heteroatoms. The number of ether oxygens (including phenoxy) is 1. The van der Waals surface area contributed by atoms with E-state index in [2.05, 4.69) is 0 Å². The van der Waals surface area contributed by atoms with E-state index in [0.717, 1.165) is 12.1 Å². The zero-order chi connectivity index (χ0) is 16.6. The van der Waals surface area contributed by atoms with Crippen molar-refractivity contribution in [1.82, 2.24) is 0 Å². The molecule has 1 aliphatic rings. The van der Waals surface area contributed by atoms with Crippen molar-refractivity contribution >= 4 is 11.7 Å². The number of nitrogens with two attached hydrogens (primary N) is 1. The van der Waals surface area contributed by atoms with Crippen molar-refractivity contribution in [3.05, 3.63) is 59.7 Å². The van der Waals surface area contributed by atoms with Crippen LogP contribution in [0.2, 0.25) is 0 Å². The minimum Gasteiger partial charge on any atom is -0.482 e. The predicted octanol–water partition coefficient (Wildman–Crippen LogP) is 3.72. The van der Waals surface area contributed by atoms with E-state index in [9.17, 15) is 18.0 Å². The Morgan fingerprint density at radius 1 is 1.17 bits per heavy atom. The van der Waals surface area contributed by atoms with Crippen molar-refractivity contribution in [3.8, 4) is 5.75 Å². The highest BCUT2D eigenvalue weighted by Gasteiger charge is 2.33. The zero-order valence-corrected chi connectivity index (χ0v) is 11.9. The van der Waals surface area contributed by atoms with E-state index in [1.807, 2.05) is 0 Å². The first kappa shape index (κ1) is 15.2. The molecule has 23 heavy (non-hydrogen) atoms. The molecule has 0 saturated carbocycles. The number of primary amides is 1. The fraction of sp³-hybridized carbons (Fsp3) is 0.188. The number of rotatable bonds is 1. The van der Waals surface area contributed by atoms with Crippen molar-refractivity contribution in [2.75, 3.05) is 11.4 Å². The lowest BCUT2D eigenvalue weighted by Gasteiger charge is -2.34. The standard InChI is InChI=1S/C16H13F3N2O2/c17-16(18,19)11-5-3-4-10(8-11)14-9-21(15(20)22)12-6-1-2-7-13(12)23-14/h1-8,14H,9H2,(H2,20,22). The van der Waals surface area contributed by atoms with E-state index in [1.54, 1.807) is 24.3 Å². The quantitative estimate of drug-likeness (QED) is 0.870. The second-order valence-electron chi connectivity index (χ2n) is 5.15. The number of urea groups is 1. The van der Waals surface area contributed by atoms with Gasteiger partial charge in [0.25, 0.3) is 0 Å². The van der Waals surface area contributed by atoms with Crippen LogP contribution in [0.4, 0.5) is 23.7 Å². The Bertz CT molecular complexity index is 746. The maximum absolute atomic E-state index is 12.9. The highest BCUT2D eigenvalue weighted by molar-refractivity contribution is 5.93. The van der Waals surface area contributed by atoms with Gasteiger partial charge in [-0.05, 0) is 29.8 Å². The minimum absolute atomic E-state index is 0.0493. The van der Waals surface area contributed by atoms with Gasteiger partial charge in [-0.3, -0.25) is 4.90 Å². The van der Waals surface area contributed by atoms with Crippen LogP contribution in [-0.2, 0) is 6.18 Å². The van der Waals surface area contributed by atoms with Gasteiger partial charge >= 0.3 is 12.2 Å². The number of benzene rings is 2. The van der Waals surface area contributed by atoms with E-state index < -0.39 is 23.9 Å². The number of carbonyl (C=O) groups is 1. The summed E-state index contributed by atoms with van der Waals surface area (Å²) in [5.74, 6) is 0.403. The average Bonchev–Trinajstić information content (AvgIpc) is 2.53. The Morgan fingerprint density at radius 2 is 1.91 bits per heavy atom. The number of nitrogens with zero attached hydrogens (tertiary/aromatic N) is 1. The molecule has 0 aromatic heterocycles. The summed E-state index contributed by atoms with van der Waals surface area (Å²) in [6.07, 6.45) is -5.16. The highest BCUT2D eigenvalue weighted by Crippen LogP contribution is 2.39. The van der Waals surface area contributed by atoms with Crippen molar-refractivity contribution in [3.63, 3.8) is 0 Å². The molecule has 2 aromatic rings. The molecule has 0 spiro atoms. The van der Waals surface area contributed by atoms with Crippen LogP contribution < -0.4 is 15.4 Å². The van der Waals surface area contributed by atoms with E-state index in [4.69, 9.17) is 10.5 Å². The summed E-state index contributed by atoms with van der Waals surface area (Å²) in [5, 5.41) is 0. The Labute approximate surface area is 130 Å². The van der Waals surface area contributed by atoms with Crippen molar-refractivity contribution in [2.24, 2.45) is 5.73 Å². The number of amides is 2. The average molecular weight is 322 g/mol. The fourth-order valence-electron chi connectivity index (χ4n) is 2.53. The molecule has 120 valence electrons. The molecule has 0 aliphatic carbocycles. The molecule has 2 N–H and O–H groups in total. The Balaban J connectivity index is 1.98. The SMILES string of the molecule is NC(=O)N1CC(c2cccc(C(F)(F)F)c2)Oc2ccccc21. The van der Waals surface area contributed by atoms with Gasteiger partial charge in [-0.2, -0.15) is 13.2 Å². The van der Waals surface area contributed by atoms with Crippen LogP contribution in [0.15, 0.2) is 48.5 Å². The third kappa shape index (κ3) is 2.94. The van der Waals surface area contributed by atoms with Crippen LogP contribution in [0.25, 0.3) is 0 Å². The lowest BCUT2D eigenvalue weighted by atomic mass is 10.0. The molecule has 3 rings (SSSR count). The zero-order valence-electron chi connectivity index (χ0n) is 11.9. The summed E-state index contributed by atoms with van der Waals surface area (Å²) >= 11 is 0. The second kappa shape index (κ2) is 5.49. The maximum Gasteiger partial charge on any atom is 0.416 e. The van der Waals surface area contributed by atoms with E-state index >= 15 is 0 Å². The summed E-state index contributed by atoms with van der Waals surface area (Å²) in [5.41, 5.74) is 5.45. The van der Waals surface area contributed by atoms with Gasteiger partial charge in [0.1, 0.15) is 11.9 Å². The third-order valence-electron chi connectivity index (χ3n) is 3.63. The smallest absolute Gasteiger partial charge is 0.416 e. The van der Waals surface area contributed by atoms with Gasteiger partial charge in [0.15, 0.2) is 0 Å². The molecule has 2 aromatic carbocycles. The van der Waals surface area contributed by atoms with Gasteiger partial charge in [0.2, 0.25) is 0 Å². The molecule has 0 fully saturated rings.